The van der Waals surface area contributed by atoms with E-state index in [1.165, 1.54) is 21.4 Å². The van der Waals surface area contributed by atoms with Gasteiger partial charge in [0.05, 0.1) is 4.53 Å². The van der Waals surface area contributed by atoms with Crippen LogP contribution in [0.3, 0.4) is 0 Å². The van der Waals surface area contributed by atoms with Gasteiger partial charge in [0.15, 0.2) is 5.82 Å². The molecule has 0 aliphatic heterocycles. The molecule has 26 heavy (non-hydrogen) atoms. The predicted molar refractivity (Wildman–Crippen MR) is 106 cm³/mol. The maximum atomic E-state index is 12.6. The predicted octanol–water partition coefficient (Wildman–Crippen LogP) is 3.66. The molecule has 4 nitrogen and oxygen atoms in total. The Kier molecular flexibility index (Phi) is 3.96. The van der Waals surface area contributed by atoms with Crippen LogP contribution in [-0.2, 0) is 5.41 Å². The largest absolute Gasteiger partial charge is 0.291 e. The van der Waals surface area contributed by atoms with Gasteiger partial charge in [-0.3, -0.25) is 4.79 Å². The molecule has 4 rings (SSSR count). The van der Waals surface area contributed by atoms with E-state index in [1.807, 2.05) is 48.5 Å². The fraction of sp³-hybridized carbons (Fsp3) is 0.190. The Balaban J connectivity index is 1.74. The molecule has 2 aromatic carbocycles. The van der Waals surface area contributed by atoms with Gasteiger partial charge in [-0.1, -0.05) is 86.7 Å². The van der Waals surface area contributed by atoms with Crippen LogP contribution in [0, 0.1) is 0 Å². The van der Waals surface area contributed by atoms with Crippen molar-refractivity contribution in [3.05, 3.63) is 80.6 Å². The number of nitrogens with zero attached hydrogens (tertiary/aromatic N) is 3. The summed E-state index contributed by atoms with van der Waals surface area (Å²) < 4.78 is 2.03. The third-order valence-corrected chi connectivity index (χ3v) is 5.25. The van der Waals surface area contributed by atoms with E-state index in [9.17, 15) is 4.79 Å². The molecule has 0 aliphatic carbocycles. The van der Waals surface area contributed by atoms with Crippen molar-refractivity contribution < 1.29 is 0 Å². The lowest BCUT2D eigenvalue weighted by molar-refractivity contribution is 0.590. The second kappa shape index (κ2) is 6.18. The molecule has 4 aromatic rings. The second-order valence-electron chi connectivity index (χ2n) is 7.28. The van der Waals surface area contributed by atoms with Crippen LogP contribution in [-0.4, -0.2) is 14.6 Å². The fourth-order valence-electron chi connectivity index (χ4n) is 2.77. The van der Waals surface area contributed by atoms with Crippen molar-refractivity contribution >= 4 is 22.4 Å². The summed E-state index contributed by atoms with van der Waals surface area (Å²) in [4.78, 5) is 17.8. The van der Waals surface area contributed by atoms with Gasteiger partial charge < -0.3 is 0 Å². The third-order valence-electron chi connectivity index (χ3n) is 4.29. The Morgan fingerprint density at radius 2 is 1.69 bits per heavy atom. The molecule has 0 bridgehead atoms. The number of hydrogen-bond donors (Lipinski definition) is 0. The molecular weight excluding hydrogens is 342 g/mol. The molecule has 2 aromatic heterocycles. The second-order valence-corrected chi connectivity index (χ2v) is 8.29. The first-order valence-corrected chi connectivity index (χ1v) is 9.31. The summed E-state index contributed by atoms with van der Waals surface area (Å²) in [6.45, 7) is 6.56. The van der Waals surface area contributed by atoms with Crippen molar-refractivity contribution in [3.8, 4) is 11.4 Å². The molecule has 0 aliphatic rings. The minimum Gasteiger partial charge on any atom is -0.266 e. The lowest BCUT2D eigenvalue weighted by Crippen LogP contribution is -2.23. The minimum atomic E-state index is -0.125. The molecule has 0 N–H and O–H groups in total. The average molecular weight is 361 g/mol. The molecule has 0 amide bonds. The van der Waals surface area contributed by atoms with Crippen LogP contribution in [0.25, 0.3) is 22.4 Å². The summed E-state index contributed by atoms with van der Waals surface area (Å²) in [6, 6.07) is 18.0. The van der Waals surface area contributed by atoms with E-state index in [0.717, 1.165) is 11.1 Å². The minimum absolute atomic E-state index is 0.115. The molecular formula is C21H19N3OS. The van der Waals surface area contributed by atoms with Gasteiger partial charge in [-0.05, 0) is 22.6 Å². The monoisotopic (exact) mass is 361 g/mol. The van der Waals surface area contributed by atoms with Crippen LogP contribution in [0.15, 0.2) is 59.4 Å². The zero-order valence-electron chi connectivity index (χ0n) is 14.9. The van der Waals surface area contributed by atoms with E-state index in [0.29, 0.717) is 15.3 Å². The first-order chi connectivity index (χ1) is 12.4. The average Bonchev–Trinajstić information content (AvgIpc) is 3.16. The topological polar surface area (TPSA) is 47.3 Å². The van der Waals surface area contributed by atoms with Crippen molar-refractivity contribution in [1.82, 2.24) is 14.6 Å². The summed E-state index contributed by atoms with van der Waals surface area (Å²) in [5.41, 5.74) is 3.17. The lowest BCUT2D eigenvalue weighted by atomic mass is 9.87. The number of hydrogen-bond acceptors (Lipinski definition) is 4. The number of benzene rings is 2. The van der Waals surface area contributed by atoms with Gasteiger partial charge in [-0.2, -0.15) is 9.50 Å². The Morgan fingerprint density at radius 3 is 2.31 bits per heavy atom. The zero-order chi connectivity index (χ0) is 18.3. The molecule has 130 valence electrons. The molecule has 0 spiro atoms. The van der Waals surface area contributed by atoms with Crippen LogP contribution in [0.1, 0.15) is 31.9 Å². The lowest BCUT2D eigenvalue weighted by Gasteiger charge is -2.18. The molecule has 0 radical (unpaired) electrons. The molecule has 0 saturated carbocycles. The quantitative estimate of drug-likeness (QED) is 0.547. The molecule has 0 saturated heterocycles. The number of aromatic nitrogens is 3. The van der Waals surface area contributed by atoms with Crippen molar-refractivity contribution in [2.45, 2.75) is 26.2 Å². The smallest absolute Gasteiger partial charge is 0.266 e. The van der Waals surface area contributed by atoms with Gasteiger partial charge in [0.1, 0.15) is 0 Å². The summed E-state index contributed by atoms with van der Waals surface area (Å²) >= 11 is 1.37. The molecule has 2 heterocycles. The van der Waals surface area contributed by atoms with E-state index in [1.54, 1.807) is 0 Å². The highest BCUT2D eigenvalue weighted by Crippen LogP contribution is 2.22. The van der Waals surface area contributed by atoms with Gasteiger partial charge in [0.2, 0.25) is 4.96 Å². The molecule has 5 heteroatoms. The summed E-state index contributed by atoms with van der Waals surface area (Å²) in [6.07, 6.45) is 1.90. The molecule has 0 unspecified atom stereocenters. The van der Waals surface area contributed by atoms with E-state index in [4.69, 9.17) is 0 Å². The van der Waals surface area contributed by atoms with E-state index >= 15 is 0 Å². The van der Waals surface area contributed by atoms with Gasteiger partial charge in [-0.15, -0.1) is 5.10 Å². The zero-order valence-corrected chi connectivity index (χ0v) is 15.7. The van der Waals surface area contributed by atoms with E-state index < -0.39 is 0 Å². The first kappa shape index (κ1) is 16.7. The van der Waals surface area contributed by atoms with Crippen LogP contribution in [0.2, 0.25) is 0 Å². The van der Waals surface area contributed by atoms with Crippen LogP contribution in [0.5, 0.6) is 0 Å². The summed E-state index contributed by atoms with van der Waals surface area (Å²) in [7, 11) is 0. The highest BCUT2D eigenvalue weighted by Gasteiger charge is 2.13. The highest BCUT2D eigenvalue weighted by atomic mass is 32.1. The van der Waals surface area contributed by atoms with Crippen LogP contribution in [0.4, 0.5) is 0 Å². The Morgan fingerprint density at radius 1 is 1.00 bits per heavy atom. The van der Waals surface area contributed by atoms with Crippen molar-refractivity contribution in [3.63, 3.8) is 0 Å². The van der Waals surface area contributed by atoms with Gasteiger partial charge in [-0.25, -0.2) is 0 Å². The van der Waals surface area contributed by atoms with E-state index in [2.05, 4.69) is 43.0 Å². The number of thiazole rings is 1. The fourth-order valence-corrected chi connectivity index (χ4v) is 3.68. The van der Waals surface area contributed by atoms with Gasteiger partial charge >= 0.3 is 0 Å². The van der Waals surface area contributed by atoms with Crippen molar-refractivity contribution in [2.24, 2.45) is 0 Å². The maximum Gasteiger partial charge on any atom is 0.291 e. The van der Waals surface area contributed by atoms with Crippen molar-refractivity contribution in [1.29, 1.82) is 0 Å². The van der Waals surface area contributed by atoms with Gasteiger partial charge in [0, 0.05) is 5.56 Å². The molecule has 0 atom stereocenters. The van der Waals surface area contributed by atoms with Crippen LogP contribution >= 0.6 is 11.3 Å². The normalized spacial score (nSPS) is 12.8. The molecule has 0 fully saturated rings. The standard InChI is InChI=1S/C21H19N3OS/c1-21(2,3)16-11-9-14(10-12-16)13-17-19(25)24-20(26-17)22-18(23-24)15-7-5-4-6-8-15/h4-13H,1-3H3. The Labute approximate surface area is 155 Å². The van der Waals surface area contributed by atoms with Crippen LogP contribution < -0.4 is 10.1 Å². The number of fused-ring (bicyclic) bond motifs is 1. The van der Waals surface area contributed by atoms with E-state index in [-0.39, 0.29) is 11.0 Å². The summed E-state index contributed by atoms with van der Waals surface area (Å²) in [5, 5.41) is 4.37. The maximum absolute atomic E-state index is 12.6. The Bertz CT molecular complexity index is 1170. The van der Waals surface area contributed by atoms with Gasteiger partial charge in [0.25, 0.3) is 5.56 Å². The third kappa shape index (κ3) is 3.06. The highest BCUT2D eigenvalue weighted by molar-refractivity contribution is 7.15. The summed E-state index contributed by atoms with van der Waals surface area (Å²) in [5.74, 6) is 0.579. The number of rotatable bonds is 2. The first-order valence-electron chi connectivity index (χ1n) is 8.49. The van der Waals surface area contributed by atoms with Crippen molar-refractivity contribution in [2.75, 3.05) is 0 Å². The Hall–Kier alpha value is -2.79. The SMILES string of the molecule is CC(C)(C)c1ccc(C=c2sc3nc(-c4ccccc4)nn3c2=O)cc1.